The fourth-order valence-corrected chi connectivity index (χ4v) is 2.59. The van der Waals surface area contributed by atoms with Crippen LogP contribution in [0.4, 0.5) is 4.79 Å². The number of hydrogen-bond acceptors (Lipinski definition) is 6. The fraction of sp³-hybridized carbons (Fsp3) is 0.619. The van der Waals surface area contributed by atoms with Crippen molar-refractivity contribution in [1.82, 2.24) is 16.0 Å². The number of hydrogen-bond donors (Lipinski definition) is 3. The number of carbonyl (C=O) groups excluding carboxylic acids is 1. The second-order valence-corrected chi connectivity index (χ2v) is 7.40. The first-order valence-corrected chi connectivity index (χ1v) is 10.0. The van der Waals surface area contributed by atoms with E-state index in [0.29, 0.717) is 42.8 Å². The molecule has 0 fully saturated rings. The van der Waals surface area contributed by atoms with E-state index in [9.17, 15) is 4.79 Å². The Morgan fingerprint density at radius 2 is 1.63 bits per heavy atom. The molecular weight excluding hydrogens is 388 g/mol. The van der Waals surface area contributed by atoms with Crippen LogP contribution in [0.15, 0.2) is 17.1 Å². The minimum absolute atomic E-state index is 0.398. The van der Waals surface area contributed by atoms with Crippen LogP contribution in [0.1, 0.15) is 39.7 Å². The van der Waals surface area contributed by atoms with Gasteiger partial charge in [-0.15, -0.1) is 0 Å². The summed E-state index contributed by atoms with van der Waals surface area (Å²) in [6, 6.07) is 3.73. The number of methoxy groups -OCH3 is 3. The Kier molecular flexibility index (Phi) is 10.6. The summed E-state index contributed by atoms with van der Waals surface area (Å²) in [7, 11) is 4.75. The zero-order chi connectivity index (χ0) is 22.6. The third kappa shape index (κ3) is 8.67. The number of rotatable bonds is 10. The highest BCUT2D eigenvalue weighted by Crippen LogP contribution is 2.39. The maximum absolute atomic E-state index is 11.7. The Balaban J connectivity index is 2.64. The molecule has 0 bridgehead atoms. The minimum Gasteiger partial charge on any atom is -0.493 e. The summed E-state index contributed by atoms with van der Waals surface area (Å²) >= 11 is 0. The molecule has 0 aliphatic heterocycles. The molecule has 0 aliphatic rings. The zero-order valence-corrected chi connectivity index (χ0v) is 19.2. The van der Waals surface area contributed by atoms with Crippen LogP contribution in [0, 0.1) is 0 Å². The van der Waals surface area contributed by atoms with E-state index in [4.69, 9.17) is 18.9 Å². The lowest BCUT2D eigenvalue weighted by Crippen LogP contribution is -2.39. The van der Waals surface area contributed by atoms with Gasteiger partial charge in [-0.2, -0.15) is 0 Å². The Morgan fingerprint density at radius 3 is 2.20 bits per heavy atom. The molecule has 0 saturated heterocycles. The number of guanidine groups is 1. The summed E-state index contributed by atoms with van der Waals surface area (Å²) in [4.78, 5) is 16.3. The molecule has 0 aliphatic carbocycles. The fourth-order valence-electron chi connectivity index (χ4n) is 2.59. The van der Waals surface area contributed by atoms with Gasteiger partial charge in [-0.1, -0.05) is 0 Å². The summed E-state index contributed by atoms with van der Waals surface area (Å²) in [6.07, 6.45) is 0.312. The minimum atomic E-state index is -0.502. The largest absolute Gasteiger partial charge is 0.493 e. The van der Waals surface area contributed by atoms with E-state index in [1.54, 1.807) is 21.3 Å². The summed E-state index contributed by atoms with van der Waals surface area (Å²) in [6.45, 7) is 9.77. The van der Waals surface area contributed by atoms with Crippen molar-refractivity contribution in [3.63, 3.8) is 0 Å². The lowest BCUT2D eigenvalue weighted by molar-refractivity contribution is 0.0527. The van der Waals surface area contributed by atoms with Gasteiger partial charge in [0.25, 0.3) is 0 Å². The number of ether oxygens (including phenoxy) is 4. The molecule has 30 heavy (non-hydrogen) atoms. The van der Waals surface area contributed by atoms with Crippen LogP contribution in [0.2, 0.25) is 0 Å². The molecule has 0 aromatic heterocycles. The summed E-state index contributed by atoms with van der Waals surface area (Å²) < 4.78 is 21.4. The molecule has 1 amide bonds. The van der Waals surface area contributed by atoms with E-state index < -0.39 is 11.7 Å². The average molecular weight is 425 g/mol. The number of amides is 1. The van der Waals surface area contributed by atoms with Crippen LogP contribution in [0.25, 0.3) is 0 Å². The van der Waals surface area contributed by atoms with E-state index in [-0.39, 0.29) is 0 Å². The number of alkyl carbamates (subject to hydrolysis) is 1. The van der Waals surface area contributed by atoms with Crippen molar-refractivity contribution in [1.29, 1.82) is 0 Å². The second-order valence-electron chi connectivity index (χ2n) is 7.40. The van der Waals surface area contributed by atoms with E-state index in [1.165, 1.54) is 0 Å². The average Bonchev–Trinajstić information content (AvgIpc) is 2.69. The Morgan fingerprint density at radius 1 is 0.967 bits per heavy atom. The van der Waals surface area contributed by atoms with Crippen LogP contribution in [0.5, 0.6) is 17.2 Å². The topological polar surface area (TPSA) is 102 Å². The first-order valence-electron chi connectivity index (χ1n) is 10.0. The quantitative estimate of drug-likeness (QED) is 0.301. The predicted molar refractivity (Wildman–Crippen MR) is 118 cm³/mol. The van der Waals surface area contributed by atoms with Crippen LogP contribution < -0.4 is 30.2 Å². The van der Waals surface area contributed by atoms with Crippen molar-refractivity contribution in [2.75, 3.05) is 41.0 Å². The molecule has 0 unspecified atom stereocenters. The van der Waals surface area contributed by atoms with Gasteiger partial charge >= 0.3 is 6.09 Å². The third-order valence-electron chi connectivity index (χ3n) is 3.85. The van der Waals surface area contributed by atoms with E-state index >= 15 is 0 Å². The SMILES string of the molecule is CCNC(=NCc1ccc(OC)c(OC)c1OC)NCCCNC(=O)OC(C)(C)C. The van der Waals surface area contributed by atoms with E-state index in [1.807, 2.05) is 39.8 Å². The molecule has 9 nitrogen and oxygen atoms in total. The summed E-state index contributed by atoms with van der Waals surface area (Å²) in [5, 5.41) is 9.19. The first kappa shape index (κ1) is 25.2. The van der Waals surface area contributed by atoms with Gasteiger partial charge in [0.1, 0.15) is 5.60 Å². The van der Waals surface area contributed by atoms with Gasteiger partial charge in [0.15, 0.2) is 17.5 Å². The van der Waals surface area contributed by atoms with Gasteiger partial charge in [-0.3, -0.25) is 0 Å². The van der Waals surface area contributed by atoms with Gasteiger partial charge in [0.2, 0.25) is 5.75 Å². The van der Waals surface area contributed by atoms with Crippen molar-refractivity contribution in [3.05, 3.63) is 17.7 Å². The van der Waals surface area contributed by atoms with Crippen LogP contribution in [-0.2, 0) is 11.3 Å². The Bertz CT molecular complexity index is 701. The van der Waals surface area contributed by atoms with Gasteiger partial charge in [0, 0.05) is 25.2 Å². The maximum atomic E-state index is 11.7. The second kappa shape index (κ2) is 12.7. The van der Waals surface area contributed by atoms with E-state index in [2.05, 4.69) is 20.9 Å². The highest BCUT2D eigenvalue weighted by molar-refractivity contribution is 5.79. The number of nitrogens with zero attached hydrogens (tertiary/aromatic N) is 1. The lowest BCUT2D eigenvalue weighted by atomic mass is 10.1. The number of carbonyl (C=O) groups is 1. The summed E-state index contributed by atoms with van der Waals surface area (Å²) in [5.41, 5.74) is 0.372. The third-order valence-corrected chi connectivity index (χ3v) is 3.85. The molecule has 0 radical (unpaired) electrons. The maximum Gasteiger partial charge on any atom is 0.407 e. The normalized spacial score (nSPS) is 11.5. The zero-order valence-electron chi connectivity index (χ0n) is 19.2. The molecule has 1 rings (SSSR count). The van der Waals surface area contributed by atoms with Crippen LogP contribution >= 0.6 is 0 Å². The number of benzene rings is 1. The van der Waals surface area contributed by atoms with Gasteiger partial charge < -0.3 is 34.9 Å². The van der Waals surface area contributed by atoms with Gasteiger partial charge in [0.05, 0.1) is 27.9 Å². The predicted octanol–water partition coefficient (Wildman–Crippen LogP) is 2.68. The van der Waals surface area contributed by atoms with Crippen molar-refractivity contribution < 1.29 is 23.7 Å². The number of nitrogens with one attached hydrogen (secondary N) is 3. The molecule has 170 valence electrons. The smallest absolute Gasteiger partial charge is 0.407 e. The molecule has 1 aromatic carbocycles. The van der Waals surface area contributed by atoms with Crippen LogP contribution in [-0.4, -0.2) is 58.6 Å². The summed E-state index contributed by atoms with van der Waals surface area (Å²) in [5.74, 6) is 2.41. The first-order chi connectivity index (χ1) is 14.3. The molecule has 3 N–H and O–H groups in total. The molecule has 9 heteroatoms. The highest BCUT2D eigenvalue weighted by Gasteiger charge is 2.16. The molecule has 0 heterocycles. The van der Waals surface area contributed by atoms with Gasteiger partial charge in [-0.05, 0) is 46.2 Å². The van der Waals surface area contributed by atoms with Crippen molar-refractivity contribution in [2.24, 2.45) is 4.99 Å². The van der Waals surface area contributed by atoms with Gasteiger partial charge in [-0.25, -0.2) is 9.79 Å². The van der Waals surface area contributed by atoms with E-state index in [0.717, 1.165) is 18.5 Å². The van der Waals surface area contributed by atoms with Crippen LogP contribution in [0.3, 0.4) is 0 Å². The molecular formula is C21H36N4O5. The standard InChI is InChI=1S/C21H36N4O5/c1-8-22-19(23-12-9-13-24-20(26)30-21(2,3)4)25-14-15-10-11-16(27-5)18(29-7)17(15)28-6/h10-11H,8-9,12-14H2,1-7H3,(H,24,26)(H2,22,23,25). The molecule has 0 atom stereocenters. The Hall–Kier alpha value is -2.84. The van der Waals surface area contributed by atoms with Crippen molar-refractivity contribution in [2.45, 2.75) is 46.3 Å². The highest BCUT2D eigenvalue weighted by atomic mass is 16.6. The molecule has 1 aromatic rings. The molecule has 0 saturated carbocycles. The Labute approximate surface area is 179 Å². The van der Waals surface area contributed by atoms with Crippen molar-refractivity contribution >= 4 is 12.1 Å². The lowest BCUT2D eigenvalue weighted by Gasteiger charge is -2.19. The molecule has 0 spiro atoms. The number of aliphatic imine (C=N–C) groups is 1. The van der Waals surface area contributed by atoms with Crippen molar-refractivity contribution in [3.8, 4) is 17.2 Å². The monoisotopic (exact) mass is 424 g/mol.